The number of nitrogens with one attached hydrogen (secondary N) is 1. The van der Waals surface area contributed by atoms with E-state index in [0.29, 0.717) is 13.1 Å². The van der Waals surface area contributed by atoms with Gasteiger partial charge >= 0.3 is 0 Å². The monoisotopic (exact) mass is 303 g/mol. The lowest BCUT2D eigenvalue weighted by molar-refractivity contribution is -0.133. The second-order valence-electron chi connectivity index (χ2n) is 4.75. The molecule has 0 saturated carbocycles. The molecule has 1 saturated heterocycles. The third-order valence-corrected chi connectivity index (χ3v) is 3.70. The minimum Gasteiger partial charge on any atom is -0.341 e. The van der Waals surface area contributed by atoms with Crippen LogP contribution in [0.15, 0.2) is 6.33 Å². The number of likely N-dealkylation sites (tertiary alicyclic amines) is 1. The molecule has 20 heavy (non-hydrogen) atoms. The molecule has 1 unspecified atom stereocenters. The smallest absolute Gasteiger partial charge is 0.274 e. The van der Waals surface area contributed by atoms with E-state index in [9.17, 15) is 13.2 Å². The first-order valence-corrected chi connectivity index (χ1v) is 7.74. The van der Waals surface area contributed by atoms with Crippen molar-refractivity contribution in [3.8, 4) is 0 Å². The van der Waals surface area contributed by atoms with E-state index in [-0.39, 0.29) is 24.9 Å². The van der Waals surface area contributed by atoms with E-state index in [4.69, 9.17) is 5.14 Å². The average Bonchev–Trinajstić information content (AvgIpc) is 2.89. The molecule has 11 heteroatoms. The Bertz CT molecular complexity index is 544. The van der Waals surface area contributed by atoms with Gasteiger partial charge in [-0.3, -0.25) is 4.79 Å². The van der Waals surface area contributed by atoms with Crippen molar-refractivity contribution in [3.05, 3.63) is 6.33 Å². The second-order valence-corrected chi connectivity index (χ2v) is 6.13. The summed E-state index contributed by atoms with van der Waals surface area (Å²) in [4.78, 5) is 13.8. The summed E-state index contributed by atoms with van der Waals surface area (Å²) in [5, 5.41) is 15.5. The van der Waals surface area contributed by atoms with Crippen molar-refractivity contribution in [1.82, 2.24) is 29.8 Å². The second kappa shape index (κ2) is 6.24. The van der Waals surface area contributed by atoms with E-state index in [1.807, 2.05) is 0 Å². The minimum absolute atomic E-state index is 0.0693. The van der Waals surface area contributed by atoms with Crippen LogP contribution in [-0.4, -0.2) is 59.1 Å². The summed E-state index contributed by atoms with van der Waals surface area (Å²) in [5.41, 5.74) is 0. The average molecular weight is 303 g/mol. The van der Waals surface area contributed by atoms with Crippen LogP contribution in [0.4, 0.5) is 0 Å². The molecule has 10 nitrogen and oxygen atoms in total. The molecular formula is C9H17N7O3S. The van der Waals surface area contributed by atoms with Gasteiger partial charge in [0.2, 0.25) is 5.91 Å². The standard InChI is InChI=1S/C9H17N7O3S/c10-20(18,19)12-4-8-2-1-3-15(5-8)9(17)6-16-7-11-13-14-16/h7-8,12H,1-6H2,(H2,10,18,19). The quantitative estimate of drug-likeness (QED) is 0.628. The number of aromatic nitrogens is 4. The third kappa shape index (κ3) is 4.51. The predicted octanol–water partition coefficient (Wildman–Crippen LogP) is -2.30. The number of piperidine rings is 1. The molecule has 112 valence electrons. The summed E-state index contributed by atoms with van der Waals surface area (Å²) >= 11 is 0. The fourth-order valence-electron chi connectivity index (χ4n) is 2.18. The zero-order valence-electron chi connectivity index (χ0n) is 10.8. The van der Waals surface area contributed by atoms with Crippen LogP contribution in [0.1, 0.15) is 12.8 Å². The highest BCUT2D eigenvalue weighted by molar-refractivity contribution is 7.87. The Hall–Kier alpha value is -1.59. The normalized spacial score (nSPS) is 20.1. The number of carbonyl (C=O) groups excluding carboxylic acids is 1. The van der Waals surface area contributed by atoms with Crippen LogP contribution in [0, 0.1) is 5.92 Å². The summed E-state index contributed by atoms with van der Waals surface area (Å²) in [6.07, 6.45) is 3.07. The summed E-state index contributed by atoms with van der Waals surface area (Å²) < 4.78 is 25.3. The largest absolute Gasteiger partial charge is 0.341 e. The van der Waals surface area contributed by atoms with Crippen molar-refractivity contribution in [1.29, 1.82) is 0 Å². The number of carbonyl (C=O) groups is 1. The Balaban J connectivity index is 1.85. The van der Waals surface area contributed by atoms with Gasteiger partial charge in [0.15, 0.2) is 0 Å². The lowest BCUT2D eigenvalue weighted by atomic mass is 9.98. The Labute approximate surface area is 116 Å². The fraction of sp³-hybridized carbons (Fsp3) is 0.778. The molecule has 0 bridgehead atoms. The molecule has 2 rings (SSSR count). The van der Waals surface area contributed by atoms with E-state index in [0.717, 1.165) is 12.8 Å². The third-order valence-electron chi connectivity index (χ3n) is 3.13. The first-order chi connectivity index (χ1) is 9.44. The van der Waals surface area contributed by atoms with Crippen molar-refractivity contribution in [2.45, 2.75) is 19.4 Å². The highest BCUT2D eigenvalue weighted by atomic mass is 32.2. The Morgan fingerprint density at radius 2 is 2.30 bits per heavy atom. The highest BCUT2D eigenvalue weighted by Gasteiger charge is 2.24. The van der Waals surface area contributed by atoms with E-state index in [1.54, 1.807) is 4.90 Å². The van der Waals surface area contributed by atoms with Gasteiger partial charge < -0.3 is 4.90 Å². The Kier molecular flexibility index (Phi) is 4.62. The van der Waals surface area contributed by atoms with Gasteiger partial charge in [0, 0.05) is 19.6 Å². The molecule has 0 aliphatic carbocycles. The Morgan fingerprint density at radius 1 is 1.50 bits per heavy atom. The topological polar surface area (TPSA) is 136 Å². The molecule has 0 radical (unpaired) electrons. The molecule has 1 fully saturated rings. The lowest BCUT2D eigenvalue weighted by Crippen LogP contribution is -2.45. The zero-order chi connectivity index (χ0) is 14.6. The van der Waals surface area contributed by atoms with Crippen LogP contribution in [0.3, 0.4) is 0 Å². The van der Waals surface area contributed by atoms with Crippen molar-refractivity contribution >= 4 is 16.1 Å². The molecule has 2 heterocycles. The van der Waals surface area contributed by atoms with Crippen LogP contribution in [0.2, 0.25) is 0 Å². The van der Waals surface area contributed by atoms with Crippen LogP contribution in [0.25, 0.3) is 0 Å². The van der Waals surface area contributed by atoms with Crippen molar-refractivity contribution in [3.63, 3.8) is 0 Å². The summed E-state index contributed by atoms with van der Waals surface area (Å²) in [7, 11) is -3.69. The van der Waals surface area contributed by atoms with Gasteiger partial charge in [0.05, 0.1) is 0 Å². The van der Waals surface area contributed by atoms with Crippen LogP contribution >= 0.6 is 0 Å². The molecule has 1 aliphatic rings. The van der Waals surface area contributed by atoms with Crippen molar-refractivity contribution in [2.24, 2.45) is 11.1 Å². The number of tetrazole rings is 1. The molecule has 1 amide bonds. The number of nitrogens with zero attached hydrogens (tertiary/aromatic N) is 5. The molecule has 1 aromatic rings. The van der Waals surface area contributed by atoms with E-state index >= 15 is 0 Å². The van der Waals surface area contributed by atoms with Crippen molar-refractivity contribution < 1.29 is 13.2 Å². The van der Waals surface area contributed by atoms with Crippen molar-refractivity contribution in [2.75, 3.05) is 19.6 Å². The van der Waals surface area contributed by atoms with E-state index in [1.165, 1.54) is 11.0 Å². The molecule has 3 N–H and O–H groups in total. The summed E-state index contributed by atoms with van der Waals surface area (Å²) in [6, 6.07) is 0. The molecule has 1 aromatic heterocycles. The van der Waals surface area contributed by atoms with Crippen LogP contribution in [0.5, 0.6) is 0 Å². The minimum atomic E-state index is -3.69. The van der Waals surface area contributed by atoms with Gasteiger partial charge in [-0.05, 0) is 29.2 Å². The maximum Gasteiger partial charge on any atom is 0.274 e. The van der Waals surface area contributed by atoms with Gasteiger partial charge in [0.25, 0.3) is 10.2 Å². The molecular weight excluding hydrogens is 286 g/mol. The van der Waals surface area contributed by atoms with Crippen LogP contribution in [-0.2, 0) is 21.5 Å². The summed E-state index contributed by atoms with van der Waals surface area (Å²) in [5.74, 6) is -0.0162. The number of hydrogen-bond donors (Lipinski definition) is 2. The first-order valence-electron chi connectivity index (χ1n) is 6.20. The highest BCUT2D eigenvalue weighted by Crippen LogP contribution is 2.16. The lowest BCUT2D eigenvalue weighted by Gasteiger charge is -2.32. The SMILES string of the molecule is NS(=O)(=O)NCC1CCCN(C(=O)Cn2cnnn2)C1. The number of rotatable bonds is 5. The first kappa shape index (κ1) is 14.8. The number of hydrogen-bond acceptors (Lipinski definition) is 6. The Morgan fingerprint density at radius 3 is 2.95 bits per heavy atom. The van der Waals surface area contributed by atoms with Crippen LogP contribution < -0.4 is 9.86 Å². The summed E-state index contributed by atoms with van der Waals surface area (Å²) in [6.45, 7) is 1.49. The molecule has 1 atom stereocenters. The van der Waals surface area contributed by atoms with Gasteiger partial charge in [-0.25, -0.2) is 14.5 Å². The predicted molar refractivity (Wildman–Crippen MR) is 68.2 cm³/mol. The maximum absolute atomic E-state index is 12.1. The van der Waals surface area contributed by atoms with E-state index in [2.05, 4.69) is 20.2 Å². The van der Waals surface area contributed by atoms with Gasteiger partial charge in [-0.15, -0.1) is 5.10 Å². The fourth-order valence-corrected chi connectivity index (χ4v) is 2.65. The number of nitrogens with two attached hydrogens (primary N) is 1. The maximum atomic E-state index is 12.1. The molecule has 0 aromatic carbocycles. The van der Waals surface area contributed by atoms with Gasteiger partial charge in [0.1, 0.15) is 12.9 Å². The zero-order valence-corrected chi connectivity index (χ0v) is 11.7. The molecule has 1 aliphatic heterocycles. The number of amides is 1. The van der Waals surface area contributed by atoms with E-state index < -0.39 is 10.2 Å². The molecule has 0 spiro atoms. The van der Waals surface area contributed by atoms with Gasteiger partial charge in [-0.1, -0.05) is 0 Å². The van der Waals surface area contributed by atoms with Gasteiger partial charge in [-0.2, -0.15) is 8.42 Å².